The fraction of sp³-hybridized carbons (Fsp3) is 0.438. The van der Waals surface area contributed by atoms with Gasteiger partial charge >= 0.3 is 7.60 Å². The summed E-state index contributed by atoms with van der Waals surface area (Å²) in [7, 11) is -3.64. The molecule has 8 nitrogen and oxygen atoms in total. The van der Waals surface area contributed by atoms with Crippen LogP contribution in [0.2, 0.25) is 0 Å². The molecule has 222 valence electrons. The number of aliphatic hydroxyl groups is 1. The third-order valence-corrected chi connectivity index (χ3v) is 9.10. The second-order valence-electron chi connectivity index (χ2n) is 9.97. The average molecular weight is 585 g/mol. The van der Waals surface area contributed by atoms with Crippen molar-refractivity contribution >= 4 is 7.60 Å². The van der Waals surface area contributed by atoms with Crippen LogP contribution in [0.5, 0.6) is 0 Å². The molecule has 41 heavy (non-hydrogen) atoms. The van der Waals surface area contributed by atoms with Crippen LogP contribution >= 0.6 is 7.60 Å². The molecule has 1 N–H and O–H groups in total. The molecule has 0 aliphatic carbocycles. The number of hydrogen-bond donors (Lipinski definition) is 1. The fourth-order valence-corrected chi connectivity index (χ4v) is 7.14. The normalized spacial score (nSPS) is 22.7. The lowest BCUT2D eigenvalue weighted by molar-refractivity contribution is -0.142. The van der Waals surface area contributed by atoms with E-state index in [0.29, 0.717) is 6.61 Å². The van der Waals surface area contributed by atoms with Gasteiger partial charge in [0.2, 0.25) is 0 Å². The van der Waals surface area contributed by atoms with E-state index in [1.807, 2.05) is 91.0 Å². The zero-order valence-corrected chi connectivity index (χ0v) is 24.7. The van der Waals surface area contributed by atoms with E-state index in [1.54, 1.807) is 13.8 Å². The summed E-state index contributed by atoms with van der Waals surface area (Å²) < 4.78 is 51.2. The van der Waals surface area contributed by atoms with Gasteiger partial charge in [-0.1, -0.05) is 91.0 Å². The Bertz CT molecular complexity index is 1190. The van der Waals surface area contributed by atoms with Crippen molar-refractivity contribution in [3.63, 3.8) is 0 Å². The van der Waals surface area contributed by atoms with Crippen molar-refractivity contribution in [1.29, 1.82) is 0 Å². The van der Waals surface area contributed by atoms with E-state index < -0.39 is 31.5 Å². The highest BCUT2D eigenvalue weighted by Gasteiger charge is 2.59. The molecule has 0 saturated carbocycles. The maximum absolute atomic E-state index is 14.0. The average Bonchev–Trinajstić information content (AvgIpc) is 3.28. The van der Waals surface area contributed by atoms with Crippen LogP contribution in [-0.2, 0) is 52.4 Å². The molecule has 1 aliphatic rings. The maximum atomic E-state index is 14.0. The predicted molar refractivity (Wildman–Crippen MR) is 157 cm³/mol. The van der Waals surface area contributed by atoms with Crippen LogP contribution in [0.3, 0.4) is 0 Å². The van der Waals surface area contributed by atoms with Gasteiger partial charge in [-0.05, 0) is 30.5 Å². The van der Waals surface area contributed by atoms with Gasteiger partial charge in [-0.2, -0.15) is 0 Å². The third kappa shape index (κ3) is 8.80. The summed E-state index contributed by atoms with van der Waals surface area (Å²) in [5.41, 5.74) is 1.62. The maximum Gasteiger partial charge on any atom is 0.333 e. The summed E-state index contributed by atoms with van der Waals surface area (Å²) >= 11 is 0. The zero-order chi connectivity index (χ0) is 29.0. The summed E-state index contributed by atoms with van der Waals surface area (Å²) in [5.74, 6) is 0. The topological polar surface area (TPSA) is 92.7 Å². The monoisotopic (exact) mass is 584 g/mol. The molecule has 3 aromatic rings. The minimum absolute atomic E-state index is 0.0210. The Morgan fingerprint density at radius 3 is 1.73 bits per heavy atom. The van der Waals surface area contributed by atoms with Gasteiger partial charge in [0.05, 0.1) is 52.4 Å². The molecule has 0 unspecified atom stereocenters. The van der Waals surface area contributed by atoms with E-state index >= 15 is 0 Å². The van der Waals surface area contributed by atoms with Crippen molar-refractivity contribution in [1.82, 2.24) is 0 Å². The van der Waals surface area contributed by atoms with Gasteiger partial charge in [0.15, 0.2) is 0 Å². The predicted octanol–water partition coefficient (Wildman–Crippen LogP) is 5.77. The Balaban J connectivity index is 1.67. The highest BCUT2D eigenvalue weighted by atomic mass is 31.2. The number of aliphatic hydroxyl groups excluding tert-OH is 1. The molecule has 0 spiro atoms. The van der Waals surface area contributed by atoms with Crippen LogP contribution in [0.1, 0.15) is 30.5 Å². The molecule has 0 radical (unpaired) electrons. The Morgan fingerprint density at radius 1 is 0.756 bits per heavy atom. The molecule has 3 aromatic carbocycles. The molecular weight excluding hydrogens is 543 g/mol. The van der Waals surface area contributed by atoms with E-state index in [9.17, 15) is 9.67 Å². The van der Waals surface area contributed by atoms with Crippen molar-refractivity contribution in [3.05, 3.63) is 108 Å². The summed E-state index contributed by atoms with van der Waals surface area (Å²) in [6.07, 6.45) is -2.32. The molecule has 4 rings (SSSR count). The van der Waals surface area contributed by atoms with Crippen molar-refractivity contribution in [3.8, 4) is 0 Å². The lowest BCUT2D eigenvalue weighted by Crippen LogP contribution is -2.52. The molecule has 0 bridgehead atoms. The number of ether oxygens (including phenoxy) is 4. The largest absolute Gasteiger partial charge is 0.394 e. The standard InChI is InChI=1S/C32H41O8P/c1-3-38-41(34,39-4-2)25-32(24-35-21-26-14-8-5-9-15-26)31(37-23-28-18-12-7-13-19-28)30(29(20-33)40-32)36-22-27-16-10-6-11-17-27/h5-19,29-31,33H,3-4,20-25H2,1-2H3/t29-,30-,31+,32-/m1/s1. The summed E-state index contributed by atoms with van der Waals surface area (Å²) in [6.45, 7) is 4.49. The summed E-state index contributed by atoms with van der Waals surface area (Å²) in [6, 6.07) is 29.3. The minimum atomic E-state index is -3.64. The Labute approximate surface area is 243 Å². The highest BCUT2D eigenvalue weighted by molar-refractivity contribution is 7.53. The van der Waals surface area contributed by atoms with Crippen LogP contribution in [0.15, 0.2) is 91.0 Å². The van der Waals surface area contributed by atoms with Crippen LogP contribution < -0.4 is 0 Å². The molecular formula is C32H41O8P. The Morgan fingerprint density at radius 2 is 1.24 bits per heavy atom. The molecule has 0 aromatic heterocycles. The van der Waals surface area contributed by atoms with E-state index in [0.717, 1.165) is 16.7 Å². The van der Waals surface area contributed by atoms with Crippen LogP contribution in [0.25, 0.3) is 0 Å². The van der Waals surface area contributed by atoms with Gasteiger partial charge in [0.1, 0.15) is 23.9 Å². The van der Waals surface area contributed by atoms with E-state index in [2.05, 4.69) is 0 Å². The van der Waals surface area contributed by atoms with Gasteiger partial charge in [0.25, 0.3) is 0 Å². The zero-order valence-electron chi connectivity index (χ0n) is 23.8. The highest BCUT2D eigenvalue weighted by Crippen LogP contribution is 2.54. The number of rotatable bonds is 17. The Hall–Kier alpha value is -2.39. The van der Waals surface area contributed by atoms with E-state index in [-0.39, 0.29) is 45.8 Å². The SMILES string of the molecule is CCOP(=O)(C[C@@]1(COCc2ccccc2)O[C@H](CO)[C@@H](OCc2ccccc2)[C@@H]1OCc1ccccc1)OCC. The lowest BCUT2D eigenvalue weighted by Gasteiger charge is -2.37. The molecule has 9 heteroatoms. The summed E-state index contributed by atoms with van der Waals surface area (Å²) in [5, 5.41) is 10.4. The van der Waals surface area contributed by atoms with E-state index in [1.165, 1.54) is 0 Å². The number of benzene rings is 3. The van der Waals surface area contributed by atoms with Gasteiger partial charge in [0, 0.05) is 0 Å². The quantitative estimate of drug-likeness (QED) is 0.200. The van der Waals surface area contributed by atoms with Crippen LogP contribution in [0.4, 0.5) is 0 Å². The molecule has 1 fully saturated rings. The number of hydrogen-bond acceptors (Lipinski definition) is 8. The molecule has 1 saturated heterocycles. The molecule has 1 heterocycles. The first-order valence-electron chi connectivity index (χ1n) is 14.1. The van der Waals surface area contributed by atoms with Gasteiger partial charge < -0.3 is 33.1 Å². The third-order valence-electron chi connectivity index (χ3n) is 6.88. The van der Waals surface area contributed by atoms with Crippen molar-refractivity contribution in [2.75, 3.05) is 32.6 Å². The first kappa shape index (κ1) is 31.5. The van der Waals surface area contributed by atoms with Crippen molar-refractivity contribution < 1.29 is 37.7 Å². The van der Waals surface area contributed by atoms with Crippen molar-refractivity contribution in [2.45, 2.75) is 57.6 Å². The second-order valence-corrected chi connectivity index (χ2v) is 12.0. The molecule has 1 aliphatic heterocycles. The first-order chi connectivity index (χ1) is 20.0. The fourth-order valence-electron chi connectivity index (χ4n) is 5.09. The smallest absolute Gasteiger partial charge is 0.333 e. The minimum Gasteiger partial charge on any atom is -0.394 e. The van der Waals surface area contributed by atoms with Gasteiger partial charge in [-0.15, -0.1) is 0 Å². The lowest BCUT2D eigenvalue weighted by atomic mass is 9.96. The van der Waals surface area contributed by atoms with Gasteiger partial charge in [-0.3, -0.25) is 4.57 Å². The van der Waals surface area contributed by atoms with Crippen LogP contribution in [0, 0.1) is 0 Å². The molecule has 4 atom stereocenters. The van der Waals surface area contributed by atoms with Gasteiger partial charge in [-0.25, -0.2) is 0 Å². The van der Waals surface area contributed by atoms with Crippen molar-refractivity contribution in [2.24, 2.45) is 0 Å². The molecule has 0 amide bonds. The van der Waals surface area contributed by atoms with E-state index in [4.69, 9.17) is 28.0 Å². The summed E-state index contributed by atoms with van der Waals surface area (Å²) in [4.78, 5) is 0. The first-order valence-corrected chi connectivity index (χ1v) is 15.8. The second kappa shape index (κ2) is 15.7. The Kier molecular flexibility index (Phi) is 12.1. The van der Waals surface area contributed by atoms with Crippen LogP contribution in [-0.4, -0.2) is 61.6 Å².